The minimum Gasteiger partial charge on any atom is -0.352 e. The monoisotopic (exact) mass is 453 g/mol. The van der Waals surface area contributed by atoms with E-state index < -0.39 is 0 Å². The molecule has 1 heterocycles. The van der Waals surface area contributed by atoms with Gasteiger partial charge < -0.3 is 10.2 Å². The van der Waals surface area contributed by atoms with Crippen molar-refractivity contribution in [3.05, 3.63) is 66.5 Å². The molecule has 0 aliphatic carbocycles. The standard InChI is InChI=1S/C19H27N5.HI/c1-4-5-6-12-23(3)19(20-2)21-15-17-9-7-10-18(14-17)16-24-13-8-11-22-24;/h4,7-11,13-14H,1,5-6,12,15-16H2,2-3H3,(H,20,21);1H. The van der Waals surface area contributed by atoms with Crippen LogP contribution in [0.5, 0.6) is 0 Å². The molecule has 2 aromatic rings. The largest absolute Gasteiger partial charge is 0.352 e. The molecule has 0 spiro atoms. The van der Waals surface area contributed by atoms with Crippen LogP contribution in [0.2, 0.25) is 0 Å². The van der Waals surface area contributed by atoms with Gasteiger partial charge in [-0.2, -0.15) is 5.10 Å². The van der Waals surface area contributed by atoms with Gasteiger partial charge in [0, 0.05) is 39.6 Å². The van der Waals surface area contributed by atoms with E-state index >= 15 is 0 Å². The molecule has 0 saturated carbocycles. The Labute approximate surface area is 167 Å². The summed E-state index contributed by atoms with van der Waals surface area (Å²) in [4.78, 5) is 6.51. The van der Waals surface area contributed by atoms with Crippen molar-refractivity contribution >= 4 is 29.9 Å². The number of unbranched alkanes of at least 4 members (excludes halogenated alkanes) is 1. The number of halogens is 1. The number of allylic oxidation sites excluding steroid dienone is 1. The summed E-state index contributed by atoms with van der Waals surface area (Å²) in [5.74, 6) is 0.913. The van der Waals surface area contributed by atoms with Crippen LogP contribution in [-0.4, -0.2) is 41.3 Å². The van der Waals surface area contributed by atoms with E-state index in [0.29, 0.717) is 0 Å². The van der Waals surface area contributed by atoms with E-state index in [-0.39, 0.29) is 24.0 Å². The Bertz CT molecular complexity index is 652. The van der Waals surface area contributed by atoms with Crippen LogP contribution in [0, 0.1) is 0 Å². The van der Waals surface area contributed by atoms with Crippen LogP contribution in [0.1, 0.15) is 24.0 Å². The molecule has 0 fully saturated rings. The first-order valence-electron chi connectivity index (χ1n) is 8.31. The van der Waals surface area contributed by atoms with Crippen LogP contribution in [0.4, 0.5) is 0 Å². The summed E-state index contributed by atoms with van der Waals surface area (Å²) in [7, 11) is 3.88. The van der Waals surface area contributed by atoms with E-state index in [1.165, 1.54) is 11.1 Å². The number of aromatic nitrogens is 2. The van der Waals surface area contributed by atoms with Crippen molar-refractivity contribution in [1.29, 1.82) is 0 Å². The Balaban J connectivity index is 0.00000312. The van der Waals surface area contributed by atoms with Gasteiger partial charge in [0.25, 0.3) is 0 Å². The van der Waals surface area contributed by atoms with E-state index in [1.54, 1.807) is 6.20 Å². The molecule has 136 valence electrons. The van der Waals surface area contributed by atoms with Crippen molar-refractivity contribution in [3.8, 4) is 0 Å². The fourth-order valence-electron chi connectivity index (χ4n) is 2.56. The van der Waals surface area contributed by atoms with Gasteiger partial charge in [0.05, 0.1) is 6.54 Å². The lowest BCUT2D eigenvalue weighted by atomic mass is 10.1. The molecule has 0 atom stereocenters. The molecule has 0 amide bonds. The zero-order valence-corrected chi connectivity index (χ0v) is 17.4. The van der Waals surface area contributed by atoms with Crippen LogP contribution in [0.15, 0.2) is 60.4 Å². The topological polar surface area (TPSA) is 45.5 Å². The van der Waals surface area contributed by atoms with Gasteiger partial charge in [-0.1, -0.05) is 30.3 Å². The fraction of sp³-hybridized carbons (Fsp3) is 0.368. The van der Waals surface area contributed by atoms with Gasteiger partial charge in [-0.05, 0) is 30.0 Å². The molecule has 5 nitrogen and oxygen atoms in total. The van der Waals surface area contributed by atoms with E-state index in [0.717, 1.165) is 38.4 Å². The third-order valence-electron chi connectivity index (χ3n) is 3.82. The summed E-state index contributed by atoms with van der Waals surface area (Å²) in [6, 6.07) is 10.5. The highest BCUT2D eigenvalue weighted by atomic mass is 127. The van der Waals surface area contributed by atoms with Gasteiger partial charge in [0.1, 0.15) is 0 Å². The Morgan fingerprint density at radius 3 is 2.84 bits per heavy atom. The number of hydrogen-bond acceptors (Lipinski definition) is 2. The van der Waals surface area contributed by atoms with E-state index in [9.17, 15) is 0 Å². The van der Waals surface area contributed by atoms with E-state index in [4.69, 9.17) is 0 Å². The lowest BCUT2D eigenvalue weighted by molar-refractivity contribution is 0.470. The van der Waals surface area contributed by atoms with E-state index in [1.807, 2.05) is 30.1 Å². The molecule has 25 heavy (non-hydrogen) atoms. The smallest absolute Gasteiger partial charge is 0.193 e. The number of guanidine groups is 1. The van der Waals surface area contributed by atoms with Gasteiger partial charge in [-0.15, -0.1) is 30.6 Å². The summed E-state index contributed by atoms with van der Waals surface area (Å²) in [6.45, 7) is 6.27. The summed E-state index contributed by atoms with van der Waals surface area (Å²) >= 11 is 0. The maximum absolute atomic E-state index is 4.36. The highest BCUT2D eigenvalue weighted by molar-refractivity contribution is 14.0. The average molecular weight is 453 g/mol. The van der Waals surface area contributed by atoms with Crippen molar-refractivity contribution in [2.45, 2.75) is 25.9 Å². The van der Waals surface area contributed by atoms with Crippen molar-refractivity contribution in [2.24, 2.45) is 4.99 Å². The molecule has 0 radical (unpaired) electrons. The summed E-state index contributed by atoms with van der Waals surface area (Å²) in [5, 5.41) is 7.68. The second-order valence-corrected chi connectivity index (χ2v) is 5.78. The van der Waals surface area contributed by atoms with Crippen molar-refractivity contribution in [1.82, 2.24) is 20.0 Å². The van der Waals surface area contributed by atoms with Gasteiger partial charge in [0.15, 0.2) is 5.96 Å². The minimum atomic E-state index is 0. The number of nitrogens with zero attached hydrogens (tertiary/aromatic N) is 4. The van der Waals surface area contributed by atoms with Gasteiger partial charge in [-0.3, -0.25) is 9.67 Å². The van der Waals surface area contributed by atoms with Crippen LogP contribution >= 0.6 is 24.0 Å². The van der Waals surface area contributed by atoms with Crippen molar-refractivity contribution in [3.63, 3.8) is 0 Å². The summed E-state index contributed by atoms with van der Waals surface area (Å²) < 4.78 is 1.93. The molecule has 0 aliphatic rings. The first-order valence-corrected chi connectivity index (χ1v) is 8.31. The Hall–Kier alpha value is -1.83. The van der Waals surface area contributed by atoms with Crippen LogP contribution < -0.4 is 5.32 Å². The summed E-state index contributed by atoms with van der Waals surface area (Å²) in [5.41, 5.74) is 2.48. The maximum Gasteiger partial charge on any atom is 0.193 e. The molecule has 1 N–H and O–H groups in total. The lowest BCUT2D eigenvalue weighted by Crippen LogP contribution is -2.38. The highest BCUT2D eigenvalue weighted by Crippen LogP contribution is 2.07. The molecule has 0 unspecified atom stereocenters. The highest BCUT2D eigenvalue weighted by Gasteiger charge is 2.05. The Morgan fingerprint density at radius 2 is 2.16 bits per heavy atom. The SMILES string of the molecule is C=CCCCN(C)C(=NC)NCc1cccc(Cn2cccn2)c1.I. The van der Waals surface area contributed by atoms with Gasteiger partial charge in [-0.25, -0.2) is 0 Å². The van der Waals surface area contributed by atoms with E-state index in [2.05, 4.69) is 58.2 Å². The second-order valence-electron chi connectivity index (χ2n) is 5.78. The predicted molar refractivity (Wildman–Crippen MR) is 115 cm³/mol. The lowest BCUT2D eigenvalue weighted by Gasteiger charge is -2.22. The minimum absolute atomic E-state index is 0. The predicted octanol–water partition coefficient (Wildman–Crippen LogP) is 3.52. The maximum atomic E-state index is 4.36. The molecule has 0 saturated heterocycles. The number of aliphatic imine (C=N–C) groups is 1. The molecular formula is C19H28IN5. The van der Waals surface area contributed by atoms with Crippen LogP contribution in [0.3, 0.4) is 0 Å². The molecule has 0 bridgehead atoms. The fourth-order valence-corrected chi connectivity index (χ4v) is 2.56. The number of nitrogens with one attached hydrogen (secondary N) is 1. The molecule has 2 rings (SSSR count). The van der Waals surface area contributed by atoms with Crippen molar-refractivity contribution < 1.29 is 0 Å². The number of hydrogen-bond donors (Lipinski definition) is 1. The van der Waals surface area contributed by atoms with Crippen LogP contribution in [-0.2, 0) is 13.1 Å². The summed E-state index contributed by atoms with van der Waals surface area (Å²) in [6.07, 6.45) is 7.84. The first kappa shape index (κ1) is 21.2. The normalized spacial score (nSPS) is 10.9. The van der Waals surface area contributed by atoms with Crippen LogP contribution in [0.25, 0.3) is 0 Å². The van der Waals surface area contributed by atoms with Gasteiger partial charge >= 0.3 is 0 Å². The number of benzene rings is 1. The first-order chi connectivity index (χ1) is 11.7. The number of rotatable bonds is 8. The molecule has 1 aromatic carbocycles. The Kier molecular flexibility index (Phi) is 9.91. The molecular weight excluding hydrogens is 425 g/mol. The third-order valence-corrected chi connectivity index (χ3v) is 3.82. The quantitative estimate of drug-likeness (QED) is 0.219. The van der Waals surface area contributed by atoms with Gasteiger partial charge in [0.2, 0.25) is 0 Å². The zero-order valence-electron chi connectivity index (χ0n) is 15.1. The van der Waals surface area contributed by atoms with Crippen molar-refractivity contribution in [2.75, 3.05) is 20.6 Å². The molecule has 0 aliphatic heterocycles. The molecule has 6 heteroatoms. The second kappa shape index (κ2) is 11.7. The third kappa shape index (κ3) is 7.29. The average Bonchev–Trinajstić information content (AvgIpc) is 3.09. The zero-order chi connectivity index (χ0) is 17.2. The molecule has 1 aromatic heterocycles. The Morgan fingerprint density at radius 1 is 1.36 bits per heavy atom.